The minimum absolute atomic E-state index is 0.0759. The van der Waals surface area contributed by atoms with Gasteiger partial charge in [-0.15, -0.1) is 0 Å². The van der Waals surface area contributed by atoms with Gasteiger partial charge in [-0.2, -0.15) is 0 Å². The average molecular weight is 589 g/mol. The molecule has 6 rings (SSSR count). The molecule has 3 heterocycles. The van der Waals surface area contributed by atoms with E-state index in [0.29, 0.717) is 34.3 Å². The summed E-state index contributed by atoms with van der Waals surface area (Å²) in [5, 5.41) is 23.1. The summed E-state index contributed by atoms with van der Waals surface area (Å²) in [5.41, 5.74) is 5.78. The molecule has 0 spiro atoms. The Bertz CT molecular complexity index is 1840. The first kappa shape index (κ1) is 28.6. The van der Waals surface area contributed by atoms with Crippen LogP contribution in [0.4, 0.5) is 11.4 Å². The molecule has 44 heavy (non-hydrogen) atoms. The maximum atomic E-state index is 12.1. The second-order valence-corrected chi connectivity index (χ2v) is 10.9. The number of fused-ring (bicyclic) bond motifs is 1. The molecule has 2 aromatic heterocycles. The van der Waals surface area contributed by atoms with Crippen molar-refractivity contribution in [3.05, 3.63) is 117 Å². The van der Waals surface area contributed by atoms with Crippen molar-refractivity contribution in [3.8, 4) is 5.88 Å². The summed E-state index contributed by atoms with van der Waals surface area (Å²) in [6, 6.07) is 20.1. The van der Waals surface area contributed by atoms with Crippen LogP contribution < -0.4 is 0 Å². The SMILES string of the molecule is O=C1CCCCN1CCCc1ccc(C(=Nc2ccc(C=Cc3cnc[nH]3)cc2)c2c(O)[nH]c3ccc([N+](=O)[O-])cc23)cc1. The number of non-ortho nitro benzene ring substituents is 1. The zero-order chi connectivity index (χ0) is 30.5. The van der Waals surface area contributed by atoms with Crippen molar-refractivity contribution in [2.24, 2.45) is 4.99 Å². The van der Waals surface area contributed by atoms with Crippen LogP contribution in [0.3, 0.4) is 0 Å². The van der Waals surface area contributed by atoms with Gasteiger partial charge in [0, 0.05) is 48.1 Å². The van der Waals surface area contributed by atoms with Crippen molar-refractivity contribution >= 4 is 46.0 Å². The van der Waals surface area contributed by atoms with Gasteiger partial charge in [0.1, 0.15) is 0 Å². The van der Waals surface area contributed by atoms with Gasteiger partial charge in [-0.05, 0) is 61.1 Å². The van der Waals surface area contributed by atoms with Crippen LogP contribution in [-0.4, -0.2) is 54.6 Å². The maximum Gasteiger partial charge on any atom is 0.270 e. The number of aryl methyl sites for hydroxylation is 1. The molecule has 222 valence electrons. The number of likely N-dealkylation sites (tertiary alicyclic amines) is 1. The van der Waals surface area contributed by atoms with Crippen LogP contribution in [0.1, 0.15) is 53.6 Å². The van der Waals surface area contributed by atoms with Gasteiger partial charge >= 0.3 is 0 Å². The molecule has 10 heteroatoms. The van der Waals surface area contributed by atoms with E-state index in [1.54, 1.807) is 18.6 Å². The summed E-state index contributed by atoms with van der Waals surface area (Å²) >= 11 is 0. The second-order valence-electron chi connectivity index (χ2n) is 10.9. The number of nitro benzene ring substituents is 1. The van der Waals surface area contributed by atoms with Gasteiger partial charge in [0.15, 0.2) is 5.88 Å². The standard InChI is InChI=1S/C34H32N6O4/c41-31-5-1-2-18-39(31)19-3-4-23-6-11-25(12-7-23)33(32-29-20-28(40(43)44)16-17-30(29)38-34(32)42)37-26-13-8-24(9-14-26)10-15-27-21-35-22-36-27/h6-17,20-22,38,42H,1-5,18-19H2,(H,35,36). The summed E-state index contributed by atoms with van der Waals surface area (Å²) < 4.78 is 0. The predicted octanol–water partition coefficient (Wildman–Crippen LogP) is 6.79. The van der Waals surface area contributed by atoms with Crippen LogP contribution in [0, 0.1) is 10.1 Å². The number of carbonyl (C=O) groups excluding carboxylic acids is 1. The van der Waals surface area contributed by atoms with Crippen molar-refractivity contribution < 1.29 is 14.8 Å². The van der Waals surface area contributed by atoms with Crippen LogP contribution in [-0.2, 0) is 11.2 Å². The third kappa shape index (κ3) is 6.44. The Morgan fingerprint density at radius 1 is 1.07 bits per heavy atom. The number of nitro groups is 1. The number of H-pyrrole nitrogens is 2. The number of aromatic amines is 2. The number of rotatable bonds is 10. The maximum absolute atomic E-state index is 12.1. The third-order valence-electron chi connectivity index (χ3n) is 7.86. The first-order valence-corrected chi connectivity index (χ1v) is 14.7. The van der Waals surface area contributed by atoms with Crippen molar-refractivity contribution in [2.45, 2.75) is 32.1 Å². The van der Waals surface area contributed by atoms with Crippen LogP contribution in [0.2, 0.25) is 0 Å². The molecule has 1 aliphatic rings. The topological polar surface area (TPSA) is 141 Å². The van der Waals surface area contributed by atoms with E-state index in [4.69, 9.17) is 4.99 Å². The normalized spacial score (nSPS) is 14.1. The van der Waals surface area contributed by atoms with Crippen molar-refractivity contribution in [2.75, 3.05) is 13.1 Å². The fraction of sp³-hybridized carbons (Fsp3) is 0.206. The molecule has 5 aromatic rings. The van der Waals surface area contributed by atoms with E-state index >= 15 is 0 Å². The molecule has 0 saturated carbocycles. The van der Waals surface area contributed by atoms with Gasteiger partial charge in [0.25, 0.3) is 5.69 Å². The number of nitrogens with one attached hydrogen (secondary N) is 2. The Morgan fingerprint density at radius 3 is 2.61 bits per heavy atom. The van der Waals surface area contributed by atoms with Gasteiger partial charge in [-0.25, -0.2) is 9.98 Å². The molecule has 0 unspecified atom stereocenters. The lowest BCUT2D eigenvalue weighted by Gasteiger charge is -2.26. The zero-order valence-corrected chi connectivity index (χ0v) is 24.1. The number of aromatic hydroxyl groups is 1. The first-order valence-electron chi connectivity index (χ1n) is 14.7. The number of piperidine rings is 1. The Morgan fingerprint density at radius 2 is 1.89 bits per heavy atom. The lowest BCUT2D eigenvalue weighted by atomic mass is 9.98. The smallest absolute Gasteiger partial charge is 0.270 e. The first-order chi connectivity index (χ1) is 21.4. The number of carbonyl (C=O) groups is 1. The van der Waals surface area contributed by atoms with Crippen LogP contribution in [0.5, 0.6) is 5.88 Å². The van der Waals surface area contributed by atoms with E-state index in [1.807, 2.05) is 65.6 Å². The molecule has 10 nitrogen and oxygen atoms in total. The van der Waals surface area contributed by atoms with E-state index in [2.05, 4.69) is 15.0 Å². The van der Waals surface area contributed by atoms with E-state index in [9.17, 15) is 20.0 Å². The number of amides is 1. The highest BCUT2D eigenvalue weighted by Crippen LogP contribution is 2.34. The number of aromatic nitrogens is 3. The molecule has 1 aliphatic heterocycles. The Balaban J connectivity index is 1.31. The number of hydrogen-bond acceptors (Lipinski definition) is 6. The van der Waals surface area contributed by atoms with Crippen molar-refractivity contribution in [1.29, 1.82) is 0 Å². The number of aliphatic imine (C=N–C) groups is 1. The summed E-state index contributed by atoms with van der Waals surface area (Å²) in [6.07, 6.45) is 11.6. The number of benzene rings is 3. The monoisotopic (exact) mass is 588 g/mol. The number of imidazole rings is 1. The molecule has 1 amide bonds. The van der Waals surface area contributed by atoms with E-state index in [-0.39, 0.29) is 17.5 Å². The van der Waals surface area contributed by atoms with Gasteiger partial charge in [0.05, 0.1) is 40.1 Å². The zero-order valence-electron chi connectivity index (χ0n) is 24.1. The minimum atomic E-state index is -0.453. The summed E-state index contributed by atoms with van der Waals surface area (Å²) in [5.74, 6) is 0.127. The highest BCUT2D eigenvalue weighted by Gasteiger charge is 2.21. The molecule has 3 aromatic carbocycles. The van der Waals surface area contributed by atoms with E-state index in [0.717, 1.165) is 61.2 Å². The fourth-order valence-electron chi connectivity index (χ4n) is 5.52. The largest absolute Gasteiger partial charge is 0.494 e. The molecule has 0 aliphatic carbocycles. The number of hydrogen-bond donors (Lipinski definition) is 3. The molecule has 1 fully saturated rings. The molecule has 0 bridgehead atoms. The molecular weight excluding hydrogens is 556 g/mol. The lowest BCUT2D eigenvalue weighted by Crippen LogP contribution is -2.36. The second kappa shape index (κ2) is 12.8. The van der Waals surface area contributed by atoms with Crippen molar-refractivity contribution in [3.63, 3.8) is 0 Å². The van der Waals surface area contributed by atoms with Gasteiger partial charge in [0.2, 0.25) is 5.91 Å². The van der Waals surface area contributed by atoms with E-state index in [1.165, 1.54) is 12.1 Å². The van der Waals surface area contributed by atoms with Crippen LogP contribution >= 0.6 is 0 Å². The fourth-order valence-corrected chi connectivity index (χ4v) is 5.52. The average Bonchev–Trinajstić information content (AvgIpc) is 3.67. The summed E-state index contributed by atoms with van der Waals surface area (Å²) in [6.45, 7) is 1.59. The summed E-state index contributed by atoms with van der Waals surface area (Å²) in [4.78, 5) is 40.2. The Hall–Kier alpha value is -5.51. The highest BCUT2D eigenvalue weighted by atomic mass is 16.6. The van der Waals surface area contributed by atoms with Gasteiger partial charge in [-0.3, -0.25) is 14.9 Å². The Labute approximate surface area is 254 Å². The van der Waals surface area contributed by atoms with Gasteiger partial charge in [-0.1, -0.05) is 42.5 Å². The Kier molecular flexibility index (Phi) is 8.31. The summed E-state index contributed by atoms with van der Waals surface area (Å²) in [7, 11) is 0. The van der Waals surface area contributed by atoms with Crippen LogP contribution in [0.25, 0.3) is 23.1 Å². The van der Waals surface area contributed by atoms with Gasteiger partial charge < -0.3 is 20.0 Å². The molecule has 3 N–H and O–H groups in total. The lowest BCUT2D eigenvalue weighted by molar-refractivity contribution is -0.384. The molecule has 0 radical (unpaired) electrons. The predicted molar refractivity (Wildman–Crippen MR) is 171 cm³/mol. The molecular formula is C34H32N6O4. The van der Waals surface area contributed by atoms with Crippen LogP contribution in [0.15, 0.2) is 84.2 Å². The third-order valence-corrected chi connectivity index (χ3v) is 7.86. The quantitative estimate of drug-likeness (QED) is 0.0936. The van der Waals surface area contributed by atoms with E-state index < -0.39 is 4.92 Å². The molecule has 0 atom stereocenters. The van der Waals surface area contributed by atoms with Crippen molar-refractivity contribution in [1.82, 2.24) is 19.9 Å². The number of nitrogens with zero attached hydrogens (tertiary/aromatic N) is 4. The minimum Gasteiger partial charge on any atom is -0.494 e. The molecule has 1 saturated heterocycles. The highest BCUT2D eigenvalue weighted by molar-refractivity contribution is 6.22.